The van der Waals surface area contributed by atoms with Crippen molar-refractivity contribution in [3.8, 4) is 0 Å². The highest BCUT2D eigenvalue weighted by Gasteiger charge is 2.48. The molecule has 2 fully saturated rings. The van der Waals surface area contributed by atoms with Crippen LogP contribution in [0.3, 0.4) is 0 Å². The summed E-state index contributed by atoms with van der Waals surface area (Å²) in [5.41, 5.74) is 0.810. The molecule has 0 bridgehead atoms. The van der Waals surface area contributed by atoms with E-state index in [1.54, 1.807) is 17.0 Å². The van der Waals surface area contributed by atoms with Gasteiger partial charge < -0.3 is 10.2 Å². The van der Waals surface area contributed by atoms with Crippen LogP contribution in [0.15, 0.2) is 24.3 Å². The van der Waals surface area contributed by atoms with Crippen LogP contribution in [0, 0.1) is 6.92 Å². The molecule has 1 spiro atoms. The number of likely N-dealkylation sites (tertiary alicyclic amines) is 1. The summed E-state index contributed by atoms with van der Waals surface area (Å²) in [7, 11) is 0. The van der Waals surface area contributed by atoms with Gasteiger partial charge in [0.2, 0.25) is 5.91 Å². The number of benzene rings is 1. The normalized spacial score (nSPS) is 18.8. The maximum Gasteiger partial charge on any atom is 0.322 e. The lowest BCUT2D eigenvalue weighted by atomic mass is 9.87. The van der Waals surface area contributed by atoms with Gasteiger partial charge in [0.1, 0.15) is 5.54 Å². The van der Waals surface area contributed by atoms with Gasteiger partial charge in [0.05, 0.1) is 0 Å². The zero-order valence-corrected chi connectivity index (χ0v) is 14.1. The highest BCUT2D eigenvalue weighted by molar-refractivity contribution is 6.07. The van der Waals surface area contributed by atoms with Crippen molar-refractivity contribution in [1.82, 2.24) is 15.5 Å². The molecule has 4 amide bonds. The molecule has 0 unspecified atom stereocenters. The first-order chi connectivity index (χ1) is 11.9. The third-order valence-electron chi connectivity index (χ3n) is 4.92. The fraction of sp³-hybridized carbons (Fsp3) is 0.444. The Bertz CT molecular complexity index is 718. The van der Waals surface area contributed by atoms with Crippen molar-refractivity contribution >= 4 is 23.6 Å². The molecule has 132 valence electrons. The third-order valence-corrected chi connectivity index (χ3v) is 4.92. The number of carbonyl (C=O) groups is 4. The first kappa shape index (κ1) is 17.1. The second-order valence-electron chi connectivity index (χ2n) is 6.66. The van der Waals surface area contributed by atoms with Crippen molar-refractivity contribution in [3.05, 3.63) is 35.4 Å². The molecule has 2 saturated heterocycles. The number of carbonyl (C=O) groups excluding carboxylic acids is 4. The molecular formula is C18H21N3O4. The van der Waals surface area contributed by atoms with E-state index in [9.17, 15) is 19.2 Å². The van der Waals surface area contributed by atoms with E-state index in [1.807, 2.05) is 19.1 Å². The molecule has 1 aromatic carbocycles. The molecule has 3 rings (SSSR count). The maximum absolute atomic E-state index is 12.3. The van der Waals surface area contributed by atoms with Crippen LogP contribution in [0.25, 0.3) is 0 Å². The van der Waals surface area contributed by atoms with Gasteiger partial charge in [-0.3, -0.25) is 19.7 Å². The highest BCUT2D eigenvalue weighted by Crippen LogP contribution is 2.26. The van der Waals surface area contributed by atoms with Crippen molar-refractivity contribution in [3.63, 3.8) is 0 Å². The Labute approximate surface area is 145 Å². The summed E-state index contributed by atoms with van der Waals surface area (Å²) in [5, 5.41) is 4.91. The Kier molecular flexibility index (Phi) is 4.57. The van der Waals surface area contributed by atoms with Gasteiger partial charge >= 0.3 is 6.03 Å². The Morgan fingerprint density at radius 2 is 1.72 bits per heavy atom. The third kappa shape index (κ3) is 3.55. The number of nitrogens with zero attached hydrogens (tertiary/aromatic N) is 1. The Morgan fingerprint density at radius 1 is 1.08 bits per heavy atom. The van der Waals surface area contributed by atoms with Gasteiger partial charge in [-0.1, -0.05) is 29.8 Å². The van der Waals surface area contributed by atoms with Gasteiger partial charge in [0, 0.05) is 31.5 Å². The SMILES string of the molecule is Cc1ccc(C(=O)CCC(=O)N2CCC3(CC2)NC(=O)NC3=O)cc1. The average molecular weight is 343 g/mol. The minimum absolute atomic E-state index is 0.0516. The monoisotopic (exact) mass is 343 g/mol. The molecule has 0 radical (unpaired) electrons. The average Bonchev–Trinajstić information content (AvgIpc) is 2.87. The second kappa shape index (κ2) is 6.66. The summed E-state index contributed by atoms with van der Waals surface area (Å²) >= 11 is 0. The number of hydrogen-bond donors (Lipinski definition) is 2. The molecule has 0 saturated carbocycles. The molecule has 7 nitrogen and oxygen atoms in total. The number of urea groups is 1. The number of hydrogen-bond acceptors (Lipinski definition) is 4. The Morgan fingerprint density at radius 3 is 2.28 bits per heavy atom. The zero-order valence-electron chi connectivity index (χ0n) is 14.1. The van der Waals surface area contributed by atoms with Gasteiger partial charge in [-0.2, -0.15) is 0 Å². The molecule has 2 N–H and O–H groups in total. The molecular weight excluding hydrogens is 322 g/mol. The second-order valence-corrected chi connectivity index (χ2v) is 6.66. The number of aryl methyl sites for hydroxylation is 1. The Balaban J connectivity index is 1.50. The van der Waals surface area contributed by atoms with Crippen molar-refractivity contribution < 1.29 is 19.2 Å². The maximum atomic E-state index is 12.3. The van der Waals surface area contributed by atoms with Crippen LogP contribution < -0.4 is 10.6 Å². The Hall–Kier alpha value is -2.70. The van der Waals surface area contributed by atoms with Gasteiger partial charge in [0.25, 0.3) is 5.91 Å². The van der Waals surface area contributed by atoms with E-state index < -0.39 is 11.6 Å². The van der Waals surface area contributed by atoms with Crippen molar-refractivity contribution in [1.29, 1.82) is 0 Å². The first-order valence-corrected chi connectivity index (χ1v) is 8.41. The fourth-order valence-corrected chi connectivity index (χ4v) is 3.28. The van der Waals surface area contributed by atoms with Crippen LogP contribution in [-0.2, 0) is 9.59 Å². The van der Waals surface area contributed by atoms with Gasteiger partial charge in [-0.15, -0.1) is 0 Å². The minimum Gasteiger partial charge on any atom is -0.342 e. The summed E-state index contributed by atoms with van der Waals surface area (Å²) in [6.45, 7) is 2.74. The summed E-state index contributed by atoms with van der Waals surface area (Å²) in [5.74, 6) is -0.469. The van der Waals surface area contributed by atoms with E-state index in [0.717, 1.165) is 5.56 Å². The van der Waals surface area contributed by atoms with Crippen LogP contribution in [0.4, 0.5) is 4.79 Å². The van der Waals surface area contributed by atoms with E-state index >= 15 is 0 Å². The quantitative estimate of drug-likeness (QED) is 0.633. The van der Waals surface area contributed by atoms with E-state index in [-0.39, 0.29) is 30.4 Å². The number of rotatable bonds is 4. The number of ketones is 1. The summed E-state index contributed by atoms with van der Waals surface area (Å²) in [6.07, 6.45) is 1.10. The van der Waals surface area contributed by atoms with E-state index in [0.29, 0.717) is 31.5 Å². The van der Waals surface area contributed by atoms with Gasteiger partial charge in [0.15, 0.2) is 5.78 Å². The summed E-state index contributed by atoms with van der Waals surface area (Å²) in [6, 6.07) is 6.82. The number of nitrogens with one attached hydrogen (secondary N) is 2. The molecule has 0 aliphatic carbocycles. The lowest BCUT2D eigenvalue weighted by molar-refractivity contribution is -0.135. The zero-order chi connectivity index (χ0) is 18.0. The lowest BCUT2D eigenvalue weighted by Crippen LogP contribution is -2.55. The van der Waals surface area contributed by atoms with Crippen LogP contribution >= 0.6 is 0 Å². The van der Waals surface area contributed by atoms with Crippen LogP contribution in [0.1, 0.15) is 41.6 Å². The topological polar surface area (TPSA) is 95.6 Å². The molecule has 0 atom stereocenters. The molecule has 2 aliphatic rings. The van der Waals surface area contributed by atoms with E-state index in [4.69, 9.17) is 0 Å². The van der Waals surface area contributed by atoms with Crippen LogP contribution in [0.2, 0.25) is 0 Å². The van der Waals surface area contributed by atoms with Gasteiger partial charge in [-0.05, 0) is 19.8 Å². The summed E-state index contributed by atoms with van der Waals surface area (Å²) < 4.78 is 0. The lowest BCUT2D eigenvalue weighted by Gasteiger charge is -2.37. The van der Waals surface area contributed by atoms with E-state index in [1.165, 1.54) is 0 Å². The largest absolute Gasteiger partial charge is 0.342 e. The van der Waals surface area contributed by atoms with Crippen molar-refractivity contribution in [2.24, 2.45) is 0 Å². The predicted molar refractivity (Wildman–Crippen MR) is 90.0 cm³/mol. The first-order valence-electron chi connectivity index (χ1n) is 8.41. The van der Waals surface area contributed by atoms with E-state index in [2.05, 4.69) is 10.6 Å². The summed E-state index contributed by atoms with van der Waals surface area (Å²) in [4.78, 5) is 49.3. The molecule has 2 aliphatic heterocycles. The fourth-order valence-electron chi connectivity index (χ4n) is 3.28. The van der Waals surface area contributed by atoms with Crippen LogP contribution in [-0.4, -0.2) is 47.2 Å². The smallest absolute Gasteiger partial charge is 0.322 e. The number of Topliss-reactive ketones (excluding diaryl/α,β-unsaturated/α-hetero) is 1. The molecule has 0 aromatic heterocycles. The van der Waals surface area contributed by atoms with Crippen molar-refractivity contribution in [2.75, 3.05) is 13.1 Å². The standard InChI is InChI=1S/C18H21N3O4/c1-12-2-4-13(5-3-12)14(22)6-7-15(23)21-10-8-18(9-11-21)16(24)19-17(25)20-18/h2-5H,6-11H2,1H3,(H2,19,20,24,25). The number of piperidine rings is 1. The molecule has 2 heterocycles. The number of imide groups is 1. The molecule has 7 heteroatoms. The van der Waals surface area contributed by atoms with Gasteiger partial charge in [-0.25, -0.2) is 4.79 Å². The number of amides is 4. The molecule has 25 heavy (non-hydrogen) atoms. The van der Waals surface area contributed by atoms with Crippen LogP contribution in [0.5, 0.6) is 0 Å². The van der Waals surface area contributed by atoms with Crippen molar-refractivity contribution in [2.45, 2.75) is 38.1 Å². The predicted octanol–water partition coefficient (Wildman–Crippen LogP) is 1.16. The minimum atomic E-state index is -0.883. The highest BCUT2D eigenvalue weighted by atomic mass is 16.2. The molecule has 1 aromatic rings.